The van der Waals surface area contributed by atoms with Crippen molar-refractivity contribution >= 4 is 27.5 Å². The van der Waals surface area contributed by atoms with Crippen molar-refractivity contribution in [2.24, 2.45) is 0 Å². The van der Waals surface area contributed by atoms with E-state index in [1.165, 1.54) is 24.3 Å². The standard InChI is InChI=1S/C14H9BrF3NO/c15-10-6-12(18)13(7-11(10)17)19-14(20)5-8-1-3-9(16)4-2-8/h1-4,6-7H,5H2,(H,19,20). The highest BCUT2D eigenvalue weighted by molar-refractivity contribution is 9.10. The molecule has 0 aliphatic rings. The number of nitrogens with one attached hydrogen (secondary N) is 1. The molecule has 0 saturated carbocycles. The van der Waals surface area contributed by atoms with Crippen LogP contribution in [0.1, 0.15) is 5.56 Å². The number of anilines is 1. The lowest BCUT2D eigenvalue weighted by molar-refractivity contribution is -0.115. The molecule has 2 nitrogen and oxygen atoms in total. The summed E-state index contributed by atoms with van der Waals surface area (Å²) in [7, 11) is 0. The van der Waals surface area contributed by atoms with Crippen LogP contribution in [0.25, 0.3) is 0 Å². The molecule has 0 fully saturated rings. The van der Waals surface area contributed by atoms with Crippen molar-refractivity contribution in [1.82, 2.24) is 0 Å². The van der Waals surface area contributed by atoms with Gasteiger partial charge in [-0.25, -0.2) is 13.2 Å². The summed E-state index contributed by atoms with van der Waals surface area (Å²) in [5, 5.41) is 2.27. The summed E-state index contributed by atoms with van der Waals surface area (Å²) in [5.74, 6) is -2.35. The largest absolute Gasteiger partial charge is 0.323 e. The van der Waals surface area contributed by atoms with Crippen LogP contribution in [-0.2, 0) is 11.2 Å². The Bertz CT molecular complexity index is 644. The van der Waals surface area contributed by atoms with Crippen molar-refractivity contribution in [1.29, 1.82) is 0 Å². The number of hydrogen-bond donors (Lipinski definition) is 1. The first-order chi connectivity index (χ1) is 9.45. The molecule has 0 spiro atoms. The molecule has 2 rings (SSSR count). The second-order valence-electron chi connectivity index (χ2n) is 4.10. The zero-order valence-corrected chi connectivity index (χ0v) is 11.7. The van der Waals surface area contributed by atoms with Gasteiger partial charge in [0.25, 0.3) is 0 Å². The molecule has 6 heteroatoms. The second-order valence-corrected chi connectivity index (χ2v) is 4.95. The predicted molar refractivity (Wildman–Crippen MR) is 72.8 cm³/mol. The van der Waals surface area contributed by atoms with Crippen LogP contribution in [0.15, 0.2) is 40.9 Å². The molecule has 2 aromatic rings. The Morgan fingerprint density at radius 2 is 1.70 bits per heavy atom. The van der Waals surface area contributed by atoms with E-state index in [1.807, 2.05) is 0 Å². The fourth-order valence-electron chi connectivity index (χ4n) is 1.60. The van der Waals surface area contributed by atoms with Gasteiger partial charge in [-0.2, -0.15) is 0 Å². The number of benzene rings is 2. The van der Waals surface area contributed by atoms with E-state index in [1.54, 1.807) is 0 Å². The molecule has 0 heterocycles. The highest BCUT2D eigenvalue weighted by atomic mass is 79.9. The van der Waals surface area contributed by atoms with E-state index < -0.39 is 23.4 Å². The highest BCUT2D eigenvalue weighted by Gasteiger charge is 2.11. The average molecular weight is 344 g/mol. The fraction of sp³-hybridized carbons (Fsp3) is 0.0714. The Hall–Kier alpha value is -1.82. The Morgan fingerprint density at radius 3 is 2.35 bits per heavy atom. The minimum Gasteiger partial charge on any atom is -0.323 e. The number of halogens is 4. The third kappa shape index (κ3) is 3.60. The van der Waals surface area contributed by atoms with Gasteiger partial charge in [0, 0.05) is 6.07 Å². The second kappa shape index (κ2) is 6.09. The summed E-state index contributed by atoms with van der Waals surface area (Å²) in [5.41, 5.74) is 0.333. The molecule has 0 radical (unpaired) electrons. The number of rotatable bonds is 3. The van der Waals surface area contributed by atoms with Crippen LogP contribution in [0.5, 0.6) is 0 Å². The molecule has 104 valence electrons. The smallest absolute Gasteiger partial charge is 0.228 e. The first-order valence-electron chi connectivity index (χ1n) is 5.64. The molecule has 0 bridgehead atoms. The molecule has 20 heavy (non-hydrogen) atoms. The van der Waals surface area contributed by atoms with Crippen molar-refractivity contribution in [2.45, 2.75) is 6.42 Å². The summed E-state index contributed by atoms with van der Waals surface area (Å²) >= 11 is 2.84. The van der Waals surface area contributed by atoms with Gasteiger partial charge in [-0.15, -0.1) is 0 Å². The molecule has 1 N–H and O–H groups in total. The molecule has 0 atom stereocenters. The van der Waals surface area contributed by atoms with Crippen LogP contribution in [0.3, 0.4) is 0 Å². The lowest BCUT2D eigenvalue weighted by Crippen LogP contribution is -2.15. The summed E-state index contributed by atoms with van der Waals surface area (Å²) in [4.78, 5) is 11.7. The molecule has 0 unspecified atom stereocenters. The fourth-order valence-corrected chi connectivity index (χ4v) is 1.92. The van der Waals surface area contributed by atoms with Gasteiger partial charge in [0.05, 0.1) is 16.6 Å². The third-order valence-corrected chi connectivity index (χ3v) is 3.17. The quantitative estimate of drug-likeness (QED) is 0.837. The highest BCUT2D eigenvalue weighted by Crippen LogP contribution is 2.23. The number of carbonyl (C=O) groups excluding carboxylic acids is 1. The van der Waals surface area contributed by atoms with Gasteiger partial charge in [-0.3, -0.25) is 4.79 Å². The first-order valence-corrected chi connectivity index (χ1v) is 6.44. The normalized spacial score (nSPS) is 10.4. The first kappa shape index (κ1) is 14.6. The molecule has 0 aliphatic carbocycles. The van der Waals surface area contributed by atoms with E-state index >= 15 is 0 Å². The Balaban J connectivity index is 2.08. The van der Waals surface area contributed by atoms with Gasteiger partial charge in [0.15, 0.2) is 0 Å². The Labute approximate surface area is 121 Å². The SMILES string of the molecule is O=C(Cc1ccc(F)cc1)Nc1cc(F)c(Br)cc1F. The molecule has 1 amide bonds. The zero-order valence-electron chi connectivity index (χ0n) is 10.1. The zero-order chi connectivity index (χ0) is 14.7. The van der Waals surface area contributed by atoms with E-state index in [2.05, 4.69) is 21.2 Å². The number of hydrogen-bond acceptors (Lipinski definition) is 1. The average Bonchev–Trinajstić information content (AvgIpc) is 2.39. The van der Waals surface area contributed by atoms with Crippen LogP contribution >= 0.6 is 15.9 Å². The molecule has 0 aromatic heterocycles. The molecular weight excluding hydrogens is 335 g/mol. The third-order valence-electron chi connectivity index (χ3n) is 2.56. The number of amides is 1. The minimum absolute atomic E-state index is 0.0217. The van der Waals surface area contributed by atoms with Gasteiger partial charge < -0.3 is 5.32 Å². The maximum absolute atomic E-state index is 13.5. The van der Waals surface area contributed by atoms with E-state index in [-0.39, 0.29) is 16.6 Å². The number of carbonyl (C=O) groups is 1. The lowest BCUT2D eigenvalue weighted by Gasteiger charge is -2.07. The molecule has 0 saturated heterocycles. The van der Waals surface area contributed by atoms with E-state index in [0.29, 0.717) is 5.56 Å². The summed E-state index contributed by atoms with van der Waals surface area (Å²) in [6.07, 6.45) is -0.0581. The van der Waals surface area contributed by atoms with Gasteiger partial charge >= 0.3 is 0 Å². The van der Waals surface area contributed by atoms with Crippen LogP contribution in [0.4, 0.5) is 18.9 Å². The van der Waals surface area contributed by atoms with Gasteiger partial charge in [0.2, 0.25) is 5.91 Å². The summed E-state index contributed by atoms with van der Waals surface area (Å²) in [6, 6.07) is 7.18. The van der Waals surface area contributed by atoms with Crippen molar-refractivity contribution in [2.75, 3.05) is 5.32 Å². The lowest BCUT2D eigenvalue weighted by atomic mass is 10.1. The van der Waals surface area contributed by atoms with Crippen LogP contribution in [0.2, 0.25) is 0 Å². The minimum atomic E-state index is -0.745. The van der Waals surface area contributed by atoms with Gasteiger partial charge in [-0.1, -0.05) is 12.1 Å². The Morgan fingerprint density at radius 1 is 1.05 bits per heavy atom. The van der Waals surface area contributed by atoms with Crippen molar-refractivity contribution in [3.8, 4) is 0 Å². The Kier molecular flexibility index (Phi) is 4.44. The summed E-state index contributed by atoms with van der Waals surface area (Å²) < 4.78 is 39.5. The topological polar surface area (TPSA) is 29.1 Å². The van der Waals surface area contributed by atoms with Crippen LogP contribution in [-0.4, -0.2) is 5.91 Å². The molecule has 0 aliphatic heterocycles. The molecule has 2 aromatic carbocycles. The van der Waals surface area contributed by atoms with Crippen LogP contribution in [0, 0.1) is 17.5 Å². The van der Waals surface area contributed by atoms with E-state index in [4.69, 9.17) is 0 Å². The predicted octanol–water partition coefficient (Wildman–Crippen LogP) is 4.05. The van der Waals surface area contributed by atoms with Crippen molar-refractivity contribution in [3.05, 3.63) is 63.9 Å². The van der Waals surface area contributed by atoms with E-state index in [9.17, 15) is 18.0 Å². The van der Waals surface area contributed by atoms with Crippen molar-refractivity contribution < 1.29 is 18.0 Å². The maximum Gasteiger partial charge on any atom is 0.228 e. The van der Waals surface area contributed by atoms with Gasteiger partial charge in [0.1, 0.15) is 17.5 Å². The van der Waals surface area contributed by atoms with Crippen LogP contribution < -0.4 is 5.32 Å². The monoisotopic (exact) mass is 343 g/mol. The van der Waals surface area contributed by atoms with E-state index in [0.717, 1.165) is 12.1 Å². The van der Waals surface area contributed by atoms with Crippen molar-refractivity contribution in [3.63, 3.8) is 0 Å². The maximum atomic E-state index is 13.5. The molecular formula is C14H9BrF3NO. The van der Waals surface area contributed by atoms with Gasteiger partial charge in [-0.05, 0) is 39.7 Å². The summed E-state index contributed by atoms with van der Waals surface area (Å²) in [6.45, 7) is 0.